The molecule has 118 valence electrons. The highest BCUT2D eigenvalue weighted by molar-refractivity contribution is 6.30. The van der Waals surface area contributed by atoms with E-state index in [0.29, 0.717) is 11.1 Å². The Kier molecular flexibility index (Phi) is 4.17. The van der Waals surface area contributed by atoms with Gasteiger partial charge in [0, 0.05) is 31.0 Å². The Hall–Kier alpha value is -2.59. The minimum Gasteiger partial charge on any atom is -0.371 e. The van der Waals surface area contributed by atoms with E-state index in [-0.39, 0.29) is 11.3 Å². The lowest BCUT2D eigenvalue weighted by Gasteiger charge is -2.33. The number of nitriles is 1. The molecule has 1 fully saturated rings. The Morgan fingerprint density at radius 2 is 2.13 bits per heavy atom. The predicted molar refractivity (Wildman–Crippen MR) is 85.5 cm³/mol. The zero-order valence-electron chi connectivity index (χ0n) is 12.2. The third kappa shape index (κ3) is 3.12. The molecule has 0 unspecified atom stereocenters. The number of anilines is 1. The molecular weight excluding hydrogens is 318 g/mol. The van der Waals surface area contributed by atoms with Crippen LogP contribution in [-0.2, 0) is 0 Å². The molecule has 8 heteroatoms. The van der Waals surface area contributed by atoms with Crippen molar-refractivity contribution in [2.75, 3.05) is 18.0 Å². The number of nitrogens with zero attached hydrogens (tertiary/aromatic N) is 5. The summed E-state index contributed by atoms with van der Waals surface area (Å²) >= 11 is 5.90. The molecule has 23 heavy (non-hydrogen) atoms. The Labute approximate surface area is 137 Å². The maximum Gasteiger partial charge on any atom is 0.287 e. The van der Waals surface area contributed by atoms with Crippen LogP contribution < -0.4 is 4.90 Å². The van der Waals surface area contributed by atoms with Gasteiger partial charge in [-0.05, 0) is 25.0 Å². The van der Waals surface area contributed by atoms with E-state index in [9.17, 15) is 10.1 Å². The molecule has 2 aromatic rings. The minimum absolute atomic E-state index is 0.0912. The number of halogens is 1. The van der Waals surface area contributed by atoms with Crippen LogP contribution in [0.15, 0.2) is 30.6 Å². The van der Waals surface area contributed by atoms with E-state index in [2.05, 4.69) is 10.00 Å². The first-order valence-electron chi connectivity index (χ1n) is 7.21. The van der Waals surface area contributed by atoms with Crippen LogP contribution in [0.2, 0.25) is 5.02 Å². The Morgan fingerprint density at radius 1 is 1.39 bits per heavy atom. The lowest BCUT2D eigenvalue weighted by molar-refractivity contribution is -0.385. The summed E-state index contributed by atoms with van der Waals surface area (Å²) in [5.74, 6) is 0. The van der Waals surface area contributed by atoms with Crippen molar-refractivity contribution in [2.45, 2.75) is 18.9 Å². The van der Waals surface area contributed by atoms with Gasteiger partial charge >= 0.3 is 0 Å². The second-order valence-electron chi connectivity index (χ2n) is 5.43. The van der Waals surface area contributed by atoms with Crippen LogP contribution in [0.25, 0.3) is 0 Å². The SMILES string of the molecule is N#Cc1cc(N2CCC(n3cc(Cl)cn3)CC2)ccc1[N+](=O)[O-]. The van der Waals surface area contributed by atoms with Gasteiger partial charge in [-0.1, -0.05) is 11.6 Å². The average molecular weight is 332 g/mol. The highest BCUT2D eigenvalue weighted by Gasteiger charge is 2.23. The molecule has 1 aliphatic rings. The van der Waals surface area contributed by atoms with E-state index in [4.69, 9.17) is 16.9 Å². The molecule has 2 heterocycles. The number of rotatable bonds is 3. The van der Waals surface area contributed by atoms with Gasteiger partial charge < -0.3 is 4.90 Å². The summed E-state index contributed by atoms with van der Waals surface area (Å²) in [5, 5.41) is 24.8. The molecule has 0 aliphatic carbocycles. The van der Waals surface area contributed by atoms with Gasteiger partial charge in [0.15, 0.2) is 0 Å². The molecule has 1 saturated heterocycles. The first-order chi connectivity index (χ1) is 11.1. The highest BCUT2D eigenvalue weighted by atomic mass is 35.5. The predicted octanol–water partition coefficient (Wildman–Crippen LogP) is 3.16. The molecule has 0 N–H and O–H groups in total. The zero-order valence-corrected chi connectivity index (χ0v) is 13.0. The summed E-state index contributed by atoms with van der Waals surface area (Å²) in [7, 11) is 0. The van der Waals surface area contributed by atoms with Gasteiger partial charge in [0.2, 0.25) is 0 Å². The summed E-state index contributed by atoms with van der Waals surface area (Å²) in [5.41, 5.74) is 0.773. The van der Waals surface area contributed by atoms with E-state index in [1.54, 1.807) is 18.3 Å². The minimum atomic E-state index is -0.532. The van der Waals surface area contributed by atoms with Crippen molar-refractivity contribution >= 4 is 23.0 Å². The van der Waals surface area contributed by atoms with Gasteiger partial charge in [-0.15, -0.1) is 0 Å². The molecule has 0 saturated carbocycles. The van der Waals surface area contributed by atoms with Crippen molar-refractivity contribution < 1.29 is 4.92 Å². The molecule has 0 spiro atoms. The number of aromatic nitrogens is 2. The van der Waals surface area contributed by atoms with Crippen molar-refractivity contribution in [3.8, 4) is 6.07 Å². The van der Waals surface area contributed by atoms with Crippen LogP contribution in [-0.4, -0.2) is 27.8 Å². The van der Waals surface area contributed by atoms with Crippen LogP contribution in [0.4, 0.5) is 11.4 Å². The monoisotopic (exact) mass is 331 g/mol. The van der Waals surface area contributed by atoms with E-state index in [1.807, 2.05) is 16.9 Å². The molecule has 7 nitrogen and oxygen atoms in total. The maximum absolute atomic E-state index is 10.9. The van der Waals surface area contributed by atoms with Gasteiger partial charge in [0.05, 0.1) is 22.2 Å². The van der Waals surface area contributed by atoms with E-state index in [0.717, 1.165) is 31.6 Å². The summed E-state index contributed by atoms with van der Waals surface area (Å²) in [6.07, 6.45) is 5.25. The lowest BCUT2D eigenvalue weighted by atomic mass is 10.0. The third-order valence-corrected chi connectivity index (χ3v) is 4.27. The molecule has 1 aliphatic heterocycles. The summed E-state index contributed by atoms with van der Waals surface area (Å²) in [6, 6.07) is 6.88. The summed E-state index contributed by atoms with van der Waals surface area (Å²) in [6.45, 7) is 1.59. The van der Waals surface area contributed by atoms with Crippen LogP contribution in [0, 0.1) is 21.4 Å². The Balaban J connectivity index is 1.73. The average Bonchev–Trinajstić information content (AvgIpc) is 3.00. The van der Waals surface area contributed by atoms with Crippen molar-refractivity contribution in [2.24, 2.45) is 0 Å². The highest BCUT2D eigenvalue weighted by Crippen LogP contribution is 2.29. The van der Waals surface area contributed by atoms with Crippen LogP contribution in [0.3, 0.4) is 0 Å². The quantitative estimate of drug-likeness (QED) is 0.636. The van der Waals surface area contributed by atoms with Crippen molar-refractivity contribution in [1.82, 2.24) is 9.78 Å². The molecule has 1 aromatic heterocycles. The number of nitro benzene ring substituents is 1. The fraction of sp³-hybridized carbons (Fsp3) is 0.333. The van der Waals surface area contributed by atoms with Gasteiger partial charge in [0.1, 0.15) is 11.6 Å². The smallest absolute Gasteiger partial charge is 0.287 e. The zero-order chi connectivity index (χ0) is 16.4. The first kappa shape index (κ1) is 15.3. The van der Waals surface area contributed by atoms with E-state index in [1.165, 1.54) is 6.07 Å². The standard InChI is InChI=1S/C15H14ClN5O2/c16-12-9-18-20(10-12)13-3-5-19(6-4-13)14-1-2-15(21(22)23)11(7-14)8-17/h1-2,7,9-10,13H,3-6H2. The first-order valence-corrected chi connectivity index (χ1v) is 7.59. The lowest BCUT2D eigenvalue weighted by Crippen LogP contribution is -2.34. The number of hydrogen-bond acceptors (Lipinski definition) is 5. The number of hydrogen-bond donors (Lipinski definition) is 0. The van der Waals surface area contributed by atoms with Crippen molar-refractivity contribution in [1.29, 1.82) is 5.26 Å². The maximum atomic E-state index is 10.9. The van der Waals surface area contributed by atoms with Gasteiger partial charge in [-0.25, -0.2) is 0 Å². The number of benzene rings is 1. The molecule has 0 amide bonds. The van der Waals surface area contributed by atoms with Crippen molar-refractivity contribution in [3.05, 3.63) is 51.3 Å². The molecular formula is C15H14ClN5O2. The third-order valence-electron chi connectivity index (χ3n) is 4.07. The normalized spacial score (nSPS) is 15.4. The van der Waals surface area contributed by atoms with E-state index < -0.39 is 4.92 Å². The number of nitro groups is 1. The molecule has 0 bridgehead atoms. The topological polar surface area (TPSA) is 88.0 Å². The summed E-state index contributed by atoms with van der Waals surface area (Å²) < 4.78 is 1.89. The Morgan fingerprint density at radius 3 is 2.70 bits per heavy atom. The fourth-order valence-electron chi connectivity index (χ4n) is 2.87. The number of piperidine rings is 1. The van der Waals surface area contributed by atoms with Gasteiger partial charge in [-0.3, -0.25) is 14.8 Å². The summed E-state index contributed by atoms with van der Waals surface area (Å²) in [4.78, 5) is 12.5. The molecule has 0 radical (unpaired) electrons. The molecule has 1 aromatic carbocycles. The van der Waals surface area contributed by atoms with Crippen molar-refractivity contribution in [3.63, 3.8) is 0 Å². The van der Waals surface area contributed by atoms with Gasteiger partial charge in [-0.2, -0.15) is 10.4 Å². The second-order valence-corrected chi connectivity index (χ2v) is 5.86. The molecule has 0 atom stereocenters. The second kappa shape index (κ2) is 6.26. The molecule has 3 rings (SSSR count). The van der Waals surface area contributed by atoms with Crippen LogP contribution >= 0.6 is 11.6 Å². The van der Waals surface area contributed by atoms with Crippen LogP contribution in [0.5, 0.6) is 0 Å². The Bertz CT molecular complexity index is 774. The van der Waals surface area contributed by atoms with E-state index >= 15 is 0 Å². The fourth-order valence-corrected chi connectivity index (χ4v) is 3.02. The van der Waals surface area contributed by atoms with Gasteiger partial charge in [0.25, 0.3) is 5.69 Å². The largest absolute Gasteiger partial charge is 0.371 e. The van der Waals surface area contributed by atoms with Crippen LogP contribution in [0.1, 0.15) is 24.4 Å².